The van der Waals surface area contributed by atoms with Crippen LogP contribution in [0.2, 0.25) is 0 Å². The standard InChI is InChI=1S/C19H18N6OS2/c1-12-15-17(27-16(12)13-6-3-2-4-7-13)20-11-21-18(15)28-19-22-23-24-25(19)10-14-8-5-9-26-14/h2-4,6-7,11,14H,5,8-10H2,1H3/t14-/m0/s1. The van der Waals surface area contributed by atoms with Crippen molar-refractivity contribution in [2.75, 3.05) is 6.61 Å². The van der Waals surface area contributed by atoms with Crippen molar-refractivity contribution in [2.45, 2.75) is 42.6 Å². The van der Waals surface area contributed by atoms with Crippen LogP contribution in [0.15, 0.2) is 46.8 Å². The lowest BCUT2D eigenvalue weighted by Crippen LogP contribution is -2.16. The zero-order valence-electron chi connectivity index (χ0n) is 15.3. The molecule has 1 aliphatic rings. The number of aromatic nitrogens is 6. The highest BCUT2D eigenvalue weighted by atomic mass is 32.2. The van der Waals surface area contributed by atoms with Gasteiger partial charge in [-0.25, -0.2) is 14.6 Å². The Hall–Kier alpha value is -2.36. The molecule has 0 saturated carbocycles. The minimum Gasteiger partial charge on any atom is -0.376 e. The van der Waals surface area contributed by atoms with E-state index in [0.717, 1.165) is 39.8 Å². The van der Waals surface area contributed by atoms with Gasteiger partial charge in [-0.2, -0.15) is 0 Å². The molecule has 5 rings (SSSR count). The maximum absolute atomic E-state index is 5.72. The Morgan fingerprint density at radius 3 is 2.96 bits per heavy atom. The first-order valence-corrected chi connectivity index (χ1v) is 10.8. The fourth-order valence-corrected chi connectivity index (χ4v) is 5.57. The fraction of sp³-hybridized carbons (Fsp3) is 0.316. The molecular weight excluding hydrogens is 392 g/mol. The summed E-state index contributed by atoms with van der Waals surface area (Å²) in [5.41, 5.74) is 2.38. The Balaban J connectivity index is 1.50. The molecule has 142 valence electrons. The van der Waals surface area contributed by atoms with Gasteiger partial charge in [0.15, 0.2) is 0 Å². The lowest BCUT2D eigenvalue weighted by Gasteiger charge is -2.10. The summed E-state index contributed by atoms with van der Waals surface area (Å²) in [7, 11) is 0. The van der Waals surface area contributed by atoms with Crippen molar-refractivity contribution in [3.8, 4) is 10.4 Å². The maximum atomic E-state index is 5.72. The van der Waals surface area contributed by atoms with Crippen LogP contribution in [-0.4, -0.2) is 42.9 Å². The van der Waals surface area contributed by atoms with Crippen LogP contribution in [0, 0.1) is 6.92 Å². The molecule has 0 unspecified atom stereocenters. The van der Waals surface area contributed by atoms with Gasteiger partial charge in [-0.15, -0.1) is 16.4 Å². The van der Waals surface area contributed by atoms with Gasteiger partial charge in [-0.3, -0.25) is 0 Å². The Morgan fingerprint density at radius 1 is 1.25 bits per heavy atom. The van der Waals surface area contributed by atoms with E-state index in [9.17, 15) is 0 Å². The molecule has 7 nitrogen and oxygen atoms in total. The highest BCUT2D eigenvalue weighted by molar-refractivity contribution is 7.99. The van der Waals surface area contributed by atoms with Crippen molar-refractivity contribution in [3.63, 3.8) is 0 Å². The number of hydrogen-bond acceptors (Lipinski definition) is 8. The third-order valence-electron chi connectivity index (χ3n) is 4.82. The lowest BCUT2D eigenvalue weighted by atomic mass is 10.1. The van der Waals surface area contributed by atoms with Crippen molar-refractivity contribution < 1.29 is 4.74 Å². The summed E-state index contributed by atoms with van der Waals surface area (Å²) in [4.78, 5) is 11.2. The van der Waals surface area contributed by atoms with E-state index in [1.54, 1.807) is 17.7 Å². The summed E-state index contributed by atoms with van der Waals surface area (Å²) < 4.78 is 7.54. The molecule has 1 aliphatic heterocycles. The monoisotopic (exact) mass is 410 g/mol. The summed E-state index contributed by atoms with van der Waals surface area (Å²) in [6, 6.07) is 10.4. The predicted molar refractivity (Wildman–Crippen MR) is 109 cm³/mol. The van der Waals surface area contributed by atoms with E-state index in [2.05, 4.69) is 56.7 Å². The van der Waals surface area contributed by atoms with Gasteiger partial charge >= 0.3 is 0 Å². The summed E-state index contributed by atoms with van der Waals surface area (Å²) >= 11 is 3.17. The Bertz CT molecular complexity index is 1100. The van der Waals surface area contributed by atoms with E-state index in [1.165, 1.54) is 27.8 Å². The molecule has 1 saturated heterocycles. The zero-order chi connectivity index (χ0) is 18.9. The number of fused-ring (bicyclic) bond motifs is 1. The smallest absolute Gasteiger partial charge is 0.215 e. The Labute approximate surface area is 170 Å². The van der Waals surface area contributed by atoms with Crippen LogP contribution >= 0.6 is 23.1 Å². The molecule has 0 radical (unpaired) electrons. The fourth-order valence-electron chi connectivity index (χ4n) is 3.43. The van der Waals surface area contributed by atoms with Gasteiger partial charge < -0.3 is 4.74 Å². The molecule has 0 amide bonds. The summed E-state index contributed by atoms with van der Waals surface area (Å²) in [6.07, 6.45) is 3.94. The molecule has 0 N–H and O–H groups in total. The van der Waals surface area contributed by atoms with Crippen molar-refractivity contribution in [2.24, 2.45) is 0 Å². The van der Waals surface area contributed by atoms with E-state index in [4.69, 9.17) is 4.74 Å². The van der Waals surface area contributed by atoms with Crippen molar-refractivity contribution in [1.82, 2.24) is 30.2 Å². The second-order valence-electron chi connectivity index (χ2n) is 6.66. The third-order valence-corrected chi connectivity index (χ3v) is 7.04. The number of hydrogen-bond donors (Lipinski definition) is 0. The third kappa shape index (κ3) is 3.30. The number of thiophene rings is 1. The van der Waals surface area contributed by atoms with Crippen LogP contribution in [0.5, 0.6) is 0 Å². The zero-order valence-corrected chi connectivity index (χ0v) is 16.9. The van der Waals surface area contributed by atoms with Crippen molar-refractivity contribution >= 4 is 33.3 Å². The SMILES string of the molecule is Cc1c(-c2ccccc2)sc2ncnc(Sc3nnnn3C[C@@H]3CCCO3)c12. The predicted octanol–water partition coefficient (Wildman–Crippen LogP) is 3.98. The van der Waals surface area contributed by atoms with Crippen molar-refractivity contribution in [1.29, 1.82) is 0 Å². The number of tetrazole rings is 1. The van der Waals surface area contributed by atoms with Gasteiger partial charge in [0.1, 0.15) is 16.2 Å². The minimum atomic E-state index is 0.181. The first-order valence-electron chi connectivity index (χ1n) is 9.15. The number of ether oxygens (including phenoxy) is 1. The molecule has 1 fully saturated rings. The molecule has 0 spiro atoms. The lowest BCUT2D eigenvalue weighted by molar-refractivity contribution is 0.0912. The molecule has 1 atom stereocenters. The van der Waals surface area contributed by atoms with E-state index in [1.807, 2.05) is 10.7 Å². The number of nitrogens with zero attached hydrogens (tertiary/aromatic N) is 6. The molecule has 1 aromatic carbocycles. The summed E-state index contributed by atoms with van der Waals surface area (Å²) in [6.45, 7) is 3.61. The van der Waals surface area contributed by atoms with E-state index >= 15 is 0 Å². The second kappa shape index (κ2) is 7.57. The normalized spacial score (nSPS) is 16.8. The van der Waals surface area contributed by atoms with E-state index in [0.29, 0.717) is 6.54 Å². The molecule has 0 bridgehead atoms. The topological polar surface area (TPSA) is 78.6 Å². The van der Waals surface area contributed by atoms with Crippen LogP contribution in [0.25, 0.3) is 20.7 Å². The maximum Gasteiger partial charge on any atom is 0.215 e. The molecule has 4 aromatic rings. The summed E-state index contributed by atoms with van der Waals surface area (Å²) in [5, 5.41) is 14.9. The minimum absolute atomic E-state index is 0.181. The average Bonchev–Trinajstić information content (AvgIpc) is 3.45. The molecule has 9 heteroatoms. The van der Waals surface area contributed by atoms with Gasteiger partial charge in [0, 0.05) is 16.9 Å². The number of benzene rings is 1. The summed E-state index contributed by atoms with van der Waals surface area (Å²) in [5.74, 6) is 0. The Morgan fingerprint density at radius 2 is 2.14 bits per heavy atom. The van der Waals surface area contributed by atoms with Gasteiger partial charge in [0.2, 0.25) is 5.16 Å². The van der Waals surface area contributed by atoms with Crippen LogP contribution in [0.4, 0.5) is 0 Å². The first-order chi connectivity index (χ1) is 13.8. The molecule has 0 aliphatic carbocycles. The van der Waals surface area contributed by atoms with Gasteiger partial charge in [-0.1, -0.05) is 30.3 Å². The van der Waals surface area contributed by atoms with Crippen LogP contribution < -0.4 is 0 Å². The largest absolute Gasteiger partial charge is 0.376 e. The van der Waals surface area contributed by atoms with Gasteiger partial charge in [-0.05, 0) is 53.1 Å². The molecule has 3 aromatic heterocycles. The second-order valence-corrected chi connectivity index (χ2v) is 8.62. The quantitative estimate of drug-likeness (QED) is 0.460. The molecular formula is C19H18N6OS2. The number of aryl methyl sites for hydroxylation is 1. The van der Waals surface area contributed by atoms with Gasteiger partial charge in [0.05, 0.1) is 12.6 Å². The van der Waals surface area contributed by atoms with Crippen LogP contribution in [0.1, 0.15) is 18.4 Å². The number of rotatable bonds is 5. The molecule has 4 heterocycles. The Kier molecular flexibility index (Phi) is 4.79. The van der Waals surface area contributed by atoms with Gasteiger partial charge in [0.25, 0.3) is 0 Å². The molecule has 28 heavy (non-hydrogen) atoms. The average molecular weight is 411 g/mol. The van der Waals surface area contributed by atoms with Crippen LogP contribution in [-0.2, 0) is 11.3 Å². The van der Waals surface area contributed by atoms with E-state index in [-0.39, 0.29) is 6.10 Å². The first kappa shape index (κ1) is 17.7. The van der Waals surface area contributed by atoms with Crippen molar-refractivity contribution in [3.05, 3.63) is 42.2 Å². The highest BCUT2D eigenvalue weighted by Gasteiger charge is 2.21. The highest BCUT2D eigenvalue weighted by Crippen LogP contribution is 2.41. The van der Waals surface area contributed by atoms with E-state index < -0.39 is 0 Å². The van der Waals surface area contributed by atoms with Crippen LogP contribution in [0.3, 0.4) is 0 Å².